The van der Waals surface area contributed by atoms with E-state index in [2.05, 4.69) is 0 Å². The molecular weight excluding hydrogens is 302 g/mol. The zero-order chi connectivity index (χ0) is 15.9. The van der Waals surface area contributed by atoms with Gasteiger partial charge in [-0.2, -0.15) is 0 Å². The largest absolute Gasteiger partial charge is 0.493 e. The maximum absolute atomic E-state index is 12.1. The van der Waals surface area contributed by atoms with Gasteiger partial charge in [-0.25, -0.2) is 0 Å². The van der Waals surface area contributed by atoms with Gasteiger partial charge in [0, 0.05) is 17.5 Å². The molecule has 0 bridgehead atoms. The lowest BCUT2D eigenvalue weighted by Crippen LogP contribution is -2.30. The fourth-order valence-electron chi connectivity index (χ4n) is 1.85. The van der Waals surface area contributed by atoms with E-state index >= 15 is 0 Å². The summed E-state index contributed by atoms with van der Waals surface area (Å²) in [5, 5.41) is 1.98. The van der Waals surface area contributed by atoms with Crippen molar-refractivity contribution >= 4 is 23.5 Å². The molecule has 2 aromatic rings. The van der Waals surface area contributed by atoms with Gasteiger partial charge in [0.2, 0.25) is 0 Å². The molecule has 22 heavy (non-hydrogen) atoms. The molecule has 0 spiro atoms. The Kier molecular flexibility index (Phi) is 5.55. The molecule has 0 aliphatic rings. The van der Waals surface area contributed by atoms with Gasteiger partial charge in [0.15, 0.2) is 18.1 Å². The number of amides is 1. The Morgan fingerprint density at radius 1 is 1.32 bits per heavy atom. The number of nitrogens with zero attached hydrogens (tertiary/aromatic N) is 1. The third kappa shape index (κ3) is 4.08. The summed E-state index contributed by atoms with van der Waals surface area (Å²) in [5.74, 6) is 0.735. The number of ether oxygens (including phenoxy) is 2. The van der Waals surface area contributed by atoms with Gasteiger partial charge < -0.3 is 14.4 Å². The lowest BCUT2D eigenvalue weighted by molar-refractivity contribution is -0.132. The number of carbonyl (C=O) groups is 2. The number of aldehydes is 1. The standard InChI is InChI=1S/C16H17NO4S/c1-17(9-13-4-3-7-22-13)16(19)11-21-14-6-5-12(10-18)8-15(14)20-2/h3-8,10H,9,11H2,1-2H3. The monoisotopic (exact) mass is 319 g/mol. The maximum Gasteiger partial charge on any atom is 0.260 e. The predicted molar refractivity (Wildman–Crippen MR) is 84.7 cm³/mol. The number of hydrogen-bond donors (Lipinski definition) is 0. The second kappa shape index (κ2) is 7.61. The number of rotatable bonds is 7. The third-order valence-corrected chi connectivity index (χ3v) is 3.93. The molecule has 0 aliphatic heterocycles. The van der Waals surface area contributed by atoms with Crippen molar-refractivity contribution in [1.29, 1.82) is 0 Å². The minimum atomic E-state index is -0.130. The Bertz CT molecular complexity index is 640. The van der Waals surface area contributed by atoms with Gasteiger partial charge in [-0.3, -0.25) is 9.59 Å². The highest BCUT2D eigenvalue weighted by atomic mass is 32.1. The summed E-state index contributed by atoms with van der Waals surface area (Å²) in [5.41, 5.74) is 0.491. The predicted octanol–water partition coefficient (Wildman–Crippen LogP) is 2.61. The molecular formula is C16H17NO4S. The van der Waals surface area contributed by atoms with Crippen LogP contribution in [-0.4, -0.2) is 37.9 Å². The molecule has 0 radical (unpaired) electrons. The van der Waals surface area contributed by atoms with Crippen LogP contribution in [0.1, 0.15) is 15.2 Å². The van der Waals surface area contributed by atoms with Crippen molar-refractivity contribution < 1.29 is 19.1 Å². The van der Waals surface area contributed by atoms with E-state index in [0.29, 0.717) is 23.6 Å². The van der Waals surface area contributed by atoms with Crippen LogP contribution in [0.2, 0.25) is 0 Å². The zero-order valence-corrected chi connectivity index (χ0v) is 13.3. The molecule has 6 heteroatoms. The van der Waals surface area contributed by atoms with Crippen LogP contribution >= 0.6 is 11.3 Å². The van der Waals surface area contributed by atoms with Crippen LogP contribution < -0.4 is 9.47 Å². The smallest absolute Gasteiger partial charge is 0.260 e. The van der Waals surface area contributed by atoms with Crippen LogP contribution in [0.25, 0.3) is 0 Å². The summed E-state index contributed by atoms with van der Waals surface area (Å²) in [6.45, 7) is 0.472. The van der Waals surface area contributed by atoms with Crippen LogP contribution in [0, 0.1) is 0 Å². The van der Waals surface area contributed by atoms with E-state index in [1.165, 1.54) is 7.11 Å². The summed E-state index contributed by atoms with van der Waals surface area (Å²) in [7, 11) is 3.22. The van der Waals surface area contributed by atoms with Crippen molar-refractivity contribution in [3.8, 4) is 11.5 Å². The number of hydrogen-bond acceptors (Lipinski definition) is 5. The first-order valence-corrected chi connectivity index (χ1v) is 7.54. The van der Waals surface area contributed by atoms with Gasteiger partial charge in [0.1, 0.15) is 6.29 Å². The van der Waals surface area contributed by atoms with Gasteiger partial charge in [-0.05, 0) is 29.6 Å². The number of carbonyl (C=O) groups excluding carboxylic acids is 2. The SMILES string of the molecule is COc1cc(C=O)ccc1OCC(=O)N(C)Cc1cccs1. The molecule has 2 rings (SSSR count). The first kappa shape index (κ1) is 16.0. The van der Waals surface area contributed by atoms with Crippen molar-refractivity contribution in [2.75, 3.05) is 20.8 Å². The second-order valence-corrected chi connectivity index (χ2v) is 5.68. The van der Waals surface area contributed by atoms with E-state index in [0.717, 1.165) is 11.2 Å². The van der Waals surface area contributed by atoms with Crippen molar-refractivity contribution in [1.82, 2.24) is 4.90 Å². The van der Waals surface area contributed by atoms with Crippen molar-refractivity contribution in [3.05, 3.63) is 46.2 Å². The molecule has 0 aliphatic carbocycles. The van der Waals surface area contributed by atoms with Crippen LogP contribution in [-0.2, 0) is 11.3 Å². The van der Waals surface area contributed by atoms with E-state index in [1.54, 1.807) is 41.5 Å². The second-order valence-electron chi connectivity index (χ2n) is 4.65. The number of benzene rings is 1. The third-order valence-electron chi connectivity index (χ3n) is 3.07. The first-order chi connectivity index (χ1) is 10.6. The molecule has 0 atom stereocenters. The molecule has 1 aromatic carbocycles. The van der Waals surface area contributed by atoms with Gasteiger partial charge in [-0.15, -0.1) is 11.3 Å². The van der Waals surface area contributed by atoms with Crippen molar-refractivity contribution in [2.24, 2.45) is 0 Å². The van der Waals surface area contributed by atoms with Crippen LogP contribution in [0.4, 0.5) is 0 Å². The van der Waals surface area contributed by atoms with Crippen LogP contribution in [0.15, 0.2) is 35.7 Å². The van der Waals surface area contributed by atoms with Crippen LogP contribution in [0.3, 0.4) is 0 Å². The van der Waals surface area contributed by atoms with E-state index in [-0.39, 0.29) is 12.5 Å². The van der Waals surface area contributed by atoms with Gasteiger partial charge in [0.05, 0.1) is 13.7 Å². The lowest BCUT2D eigenvalue weighted by Gasteiger charge is -2.17. The molecule has 0 N–H and O–H groups in total. The van der Waals surface area contributed by atoms with E-state index in [4.69, 9.17) is 9.47 Å². The van der Waals surface area contributed by atoms with Crippen LogP contribution in [0.5, 0.6) is 11.5 Å². The molecule has 0 unspecified atom stereocenters. The lowest BCUT2D eigenvalue weighted by atomic mass is 10.2. The zero-order valence-electron chi connectivity index (χ0n) is 12.4. The number of methoxy groups -OCH3 is 1. The average Bonchev–Trinajstić information content (AvgIpc) is 3.05. The maximum atomic E-state index is 12.1. The summed E-state index contributed by atoms with van der Waals surface area (Å²) in [6, 6.07) is 8.74. The minimum absolute atomic E-state index is 0.0847. The first-order valence-electron chi connectivity index (χ1n) is 6.66. The Morgan fingerprint density at radius 3 is 2.77 bits per heavy atom. The quantitative estimate of drug-likeness (QED) is 0.736. The van der Waals surface area contributed by atoms with Crippen molar-refractivity contribution in [2.45, 2.75) is 6.54 Å². The Labute approximate surface area is 133 Å². The van der Waals surface area contributed by atoms with Gasteiger partial charge in [0.25, 0.3) is 5.91 Å². The van der Waals surface area contributed by atoms with E-state index in [9.17, 15) is 9.59 Å². The Morgan fingerprint density at radius 2 is 2.14 bits per heavy atom. The highest BCUT2D eigenvalue weighted by Gasteiger charge is 2.13. The summed E-state index contributed by atoms with van der Waals surface area (Å²) < 4.78 is 10.7. The molecule has 0 saturated carbocycles. The number of thiophene rings is 1. The molecule has 0 saturated heterocycles. The van der Waals surface area contributed by atoms with E-state index in [1.807, 2.05) is 17.5 Å². The topological polar surface area (TPSA) is 55.8 Å². The molecule has 1 amide bonds. The molecule has 1 heterocycles. The summed E-state index contributed by atoms with van der Waals surface area (Å²) >= 11 is 1.61. The Balaban J connectivity index is 1.94. The summed E-state index contributed by atoms with van der Waals surface area (Å²) in [6.07, 6.45) is 0.728. The normalized spacial score (nSPS) is 10.1. The molecule has 116 valence electrons. The highest BCUT2D eigenvalue weighted by Crippen LogP contribution is 2.27. The van der Waals surface area contributed by atoms with Gasteiger partial charge >= 0.3 is 0 Å². The summed E-state index contributed by atoms with van der Waals surface area (Å²) in [4.78, 5) is 25.5. The minimum Gasteiger partial charge on any atom is -0.493 e. The van der Waals surface area contributed by atoms with E-state index < -0.39 is 0 Å². The van der Waals surface area contributed by atoms with Gasteiger partial charge in [-0.1, -0.05) is 6.07 Å². The molecule has 5 nitrogen and oxygen atoms in total. The van der Waals surface area contributed by atoms with Crippen molar-refractivity contribution in [3.63, 3.8) is 0 Å². The fourth-order valence-corrected chi connectivity index (χ4v) is 2.61. The average molecular weight is 319 g/mol. The molecule has 0 fully saturated rings. The molecule has 1 aromatic heterocycles. The number of likely N-dealkylation sites (N-methyl/N-ethyl adjacent to an activating group) is 1. The fraction of sp³-hybridized carbons (Fsp3) is 0.250. The Hall–Kier alpha value is -2.34. The highest BCUT2D eigenvalue weighted by molar-refractivity contribution is 7.09.